The van der Waals surface area contributed by atoms with Crippen LogP contribution in [-0.4, -0.2) is 0 Å². The summed E-state index contributed by atoms with van der Waals surface area (Å²) in [5, 5.41) is 0. The van der Waals surface area contributed by atoms with Crippen LogP contribution in [0.15, 0.2) is 352 Å². The van der Waals surface area contributed by atoms with Crippen LogP contribution in [0.1, 0.15) is 22.3 Å². The normalized spacial score (nSPS) is 12.1. The van der Waals surface area contributed by atoms with E-state index in [0.29, 0.717) is 0 Å². The molecule has 398 valence electrons. The number of benzene rings is 14. The predicted octanol–water partition coefficient (Wildman–Crippen LogP) is 22.7. The van der Waals surface area contributed by atoms with Crippen LogP contribution >= 0.6 is 0 Å². The van der Waals surface area contributed by atoms with Gasteiger partial charge in [-0.15, -0.1) is 0 Å². The fraction of sp³-hybridized carbons (Fsp3) is 0.0118. The van der Waals surface area contributed by atoms with Gasteiger partial charge in [0.15, 0.2) is 0 Å². The highest BCUT2D eigenvalue weighted by atomic mass is 14.5. The molecule has 0 saturated carbocycles. The first-order chi connectivity index (χ1) is 42.1. The lowest BCUT2D eigenvalue weighted by Gasteiger charge is -2.35. The molecule has 0 unspecified atom stereocenters. The van der Waals surface area contributed by atoms with E-state index in [-0.39, 0.29) is 0 Å². The van der Waals surface area contributed by atoms with E-state index < -0.39 is 5.41 Å². The van der Waals surface area contributed by atoms with Crippen LogP contribution in [0.5, 0.6) is 0 Å². The first-order valence-electron chi connectivity index (χ1n) is 29.4. The Morgan fingerprint density at radius 1 is 0.141 bits per heavy atom. The number of hydrogen-bond acceptors (Lipinski definition) is 0. The molecule has 15 rings (SSSR count). The van der Waals surface area contributed by atoms with Gasteiger partial charge in [-0.1, -0.05) is 285 Å². The average molecular weight is 1080 g/mol. The molecule has 14 aromatic carbocycles. The molecule has 85 heavy (non-hydrogen) atoms. The minimum atomic E-state index is -0.745. The molecule has 0 nitrogen and oxygen atoms in total. The summed E-state index contributed by atoms with van der Waals surface area (Å²) in [5.41, 5.74) is 30.4. The molecule has 0 atom stereocenters. The van der Waals surface area contributed by atoms with Gasteiger partial charge in [0, 0.05) is 0 Å². The molecule has 0 fully saturated rings. The van der Waals surface area contributed by atoms with Gasteiger partial charge in [0.1, 0.15) is 0 Å². The van der Waals surface area contributed by atoms with Gasteiger partial charge in [-0.25, -0.2) is 0 Å². The first-order valence-corrected chi connectivity index (χ1v) is 29.4. The molecule has 1 aliphatic rings. The predicted molar refractivity (Wildman–Crippen MR) is 358 cm³/mol. The molecule has 0 aromatic heterocycles. The van der Waals surface area contributed by atoms with Gasteiger partial charge in [-0.3, -0.25) is 0 Å². The quantitative estimate of drug-likeness (QED) is 0.114. The zero-order valence-electron chi connectivity index (χ0n) is 47.0. The van der Waals surface area contributed by atoms with Gasteiger partial charge in [-0.05, 0) is 211 Å². The fourth-order valence-electron chi connectivity index (χ4n) is 13.2. The molecular weight excluding hydrogens is 1020 g/mol. The summed E-state index contributed by atoms with van der Waals surface area (Å²) in [6, 6.07) is 130. The van der Waals surface area contributed by atoms with Gasteiger partial charge in [-0.2, -0.15) is 0 Å². The van der Waals surface area contributed by atoms with E-state index in [1.165, 1.54) is 122 Å². The third kappa shape index (κ3) is 9.60. The lowest BCUT2D eigenvalue weighted by molar-refractivity contribution is 0.769. The van der Waals surface area contributed by atoms with Crippen molar-refractivity contribution in [1.82, 2.24) is 0 Å². The van der Waals surface area contributed by atoms with Gasteiger partial charge in [0.25, 0.3) is 0 Å². The van der Waals surface area contributed by atoms with E-state index in [4.69, 9.17) is 0 Å². The monoisotopic (exact) mass is 1080 g/mol. The highest BCUT2D eigenvalue weighted by Crippen LogP contribution is 2.59. The lowest BCUT2D eigenvalue weighted by Crippen LogP contribution is -2.28. The molecule has 14 aromatic rings. The summed E-state index contributed by atoms with van der Waals surface area (Å²) in [5.74, 6) is 0. The van der Waals surface area contributed by atoms with E-state index in [1.54, 1.807) is 0 Å². The number of hydrogen-bond donors (Lipinski definition) is 0. The summed E-state index contributed by atoms with van der Waals surface area (Å²) in [6.07, 6.45) is 0. The second kappa shape index (κ2) is 22.1. The zero-order chi connectivity index (χ0) is 56.5. The molecule has 0 N–H and O–H groups in total. The zero-order valence-corrected chi connectivity index (χ0v) is 47.0. The van der Waals surface area contributed by atoms with Crippen molar-refractivity contribution in [2.45, 2.75) is 5.41 Å². The Hall–Kier alpha value is -10.9. The Balaban J connectivity index is 0.928. The molecule has 0 radical (unpaired) electrons. The van der Waals surface area contributed by atoms with Crippen molar-refractivity contribution in [2.75, 3.05) is 0 Å². The van der Waals surface area contributed by atoms with E-state index >= 15 is 0 Å². The standard InChI is InChI=1S/C85H58/c1-7-24-59(25-8-1)71-46-47-81-83(58-71)85(82-45-23-44-80(84(81)82)64-34-17-6-18-35-64,78-42-21-40-69(56-78)65-36-19-38-67(48-65)76-52-72(60-26-9-2-10-27-60)50-73(53-76)61-28-11-3-12-29-61)79-43-22-41-70(57-79)66-37-20-39-68(49-66)77-54-74(62-30-13-4-14-31-62)51-75(55-77)63-32-15-5-16-33-63/h1-58H. The Morgan fingerprint density at radius 3 is 0.800 bits per heavy atom. The minimum absolute atomic E-state index is 0.745. The number of rotatable bonds is 12. The second-order valence-corrected chi connectivity index (χ2v) is 22.4. The topological polar surface area (TPSA) is 0 Å². The van der Waals surface area contributed by atoms with Crippen LogP contribution in [0.3, 0.4) is 0 Å². The molecular formula is C85H58. The summed E-state index contributed by atoms with van der Waals surface area (Å²) >= 11 is 0. The fourth-order valence-corrected chi connectivity index (χ4v) is 13.2. The summed E-state index contributed by atoms with van der Waals surface area (Å²) in [7, 11) is 0. The Kier molecular flexibility index (Phi) is 13.3. The molecule has 0 spiro atoms. The van der Waals surface area contributed by atoms with E-state index in [1.807, 2.05) is 0 Å². The maximum absolute atomic E-state index is 2.49. The Labute approximate surface area is 499 Å². The SMILES string of the molecule is c1ccc(-c2cc(-c3ccccc3)cc(-c3cccc(-c4cccc(C5(c6cccc(-c7cccc(-c8cc(-c9ccccc9)cc(-c9ccccc9)c8)c7)c6)c6cc(-c7ccccc7)ccc6-c6c(-c7ccccc7)cccc65)c4)c3)c2)cc1. The first kappa shape index (κ1) is 51.0. The Bertz CT molecular complexity index is 4390. The molecule has 0 amide bonds. The second-order valence-electron chi connectivity index (χ2n) is 22.4. The van der Waals surface area contributed by atoms with Crippen molar-refractivity contribution in [1.29, 1.82) is 0 Å². The van der Waals surface area contributed by atoms with Crippen molar-refractivity contribution in [3.63, 3.8) is 0 Å². The van der Waals surface area contributed by atoms with Crippen LogP contribution in [0.2, 0.25) is 0 Å². The van der Waals surface area contributed by atoms with Crippen molar-refractivity contribution < 1.29 is 0 Å². The van der Waals surface area contributed by atoms with E-state index in [9.17, 15) is 0 Å². The van der Waals surface area contributed by atoms with Crippen LogP contribution in [0.25, 0.3) is 122 Å². The average Bonchev–Trinajstić information content (AvgIpc) is 1.63. The van der Waals surface area contributed by atoms with Gasteiger partial charge in [0.05, 0.1) is 5.41 Å². The van der Waals surface area contributed by atoms with Gasteiger partial charge >= 0.3 is 0 Å². The summed E-state index contributed by atoms with van der Waals surface area (Å²) < 4.78 is 0. The molecule has 0 heteroatoms. The van der Waals surface area contributed by atoms with Gasteiger partial charge in [0.2, 0.25) is 0 Å². The molecule has 0 saturated heterocycles. The van der Waals surface area contributed by atoms with Crippen molar-refractivity contribution in [3.05, 3.63) is 374 Å². The molecule has 1 aliphatic carbocycles. The maximum atomic E-state index is 2.49. The highest BCUT2D eigenvalue weighted by molar-refractivity contribution is 5.97. The largest absolute Gasteiger partial charge is 0.0714 e. The summed E-state index contributed by atoms with van der Waals surface area (Å²) in [6.45, 7) is 0. The Morgan fingerprint density at radius 2 is 0.412 bits per heavy atom. The van der Waals surface area contributed by atoms with Crippen molar-refractivity contribution in [3.8, 4) is 122 Å². The lowest BCUT2D eigenvalue weighted by atomic mass is 9.66. The maximum Gasteiger partial charge on any atom is 0.0714 e. The minimum Gasteiger partial charge on any atom is -0.0622 e. The van der Waals surface area contributed by atoms with Crippen LogP contribution in [-0.2, 0) is 5.41 Å². The van der Waals surface area contributed by atoms with Crippen molar-refractivity contribution in [2.24, 2.45) is 0 Å². The third-order valence-corrected chi connectivity index (χ3v) is 17.3. The van der Waals surface area contributed by atoms with Crippen molar-refractivity contribution >= 4 is 0 Å². The van der Waals surface area contributed by atoms with Gasteiger partial charge < -0.3 is 0 Å². The smallest absolute Gasteiger partial charge is 0.0622 e. The summed E-state index contributed by atoms with van der Waals surface area (Å²) in [4.78, 5) is 0. The van der Waals surface area contributed by atoms with E-state index in [0.717, 1.165) is 22.3 Å². The molecule has 0 aliphatic heterocycles. The van der Waals surface area contributed by atoms with Crippen LogP contribution < -0.4 is 0 Å². The van der Waals surface area contributed by atoms with Crippen LogP contribution in [0, 0.1) is 0 Å². The third-order valence-electron chi connectivity index (χ3n) is 17.3. The number of fused-ring (bicyclic) bond motifs is 3. The van der Waals surface area contributed by atoms with E-state index in [2.05, 4.69) is 352 Å². The highest BCUT2D eigenvalue weighted by Gasteiger charge is 2.47. The molecule has 0 heterocycles. The molecule has 0 bridgehead atoms. The van der Waals surface area contributed by atoms with Crippen LogP contribution in [0.4, 0.5) is 0 Å².